The average molecular weight is 271 g/mol. The number of hydrogen-bond donors (Lipinski definition) is 1. The molecule has 6 nitrogen and oxygen atoms in total. The van der Waals surface area contributed by atoms with Crippen molar-refractivity contribution in [1.82, 2.24) is 10.0 Å². The molecule has 1 aromatic carbocycles. The lowest BCUT2D eigenvalue weighted by molar-refractivity contribution is -0.162. The second-order valence-corrected chi connectivity index (χ2v) is 4.83. The summed E-state index contributed by atoms with van der Waals surface area (Å²) in [5.41, 5.74) is 8.00. The van der Waals surface area contributed by atoms with Crippen LogP contribution in [0, 0.1) is 0 Å². The molecule has 6 heteroatoms. The molecule has 3 rings (SSSR count). The van der Waals surface area contributed by atoms with E-state index >= 15 is 0 Å². The lowest BCUT2D eigenvalue weighted by Gasteiger charge is -2.33. The standard InChI is InChI=1S/C14H13N3O3/c15-11-4-1-3-9-10(11)7-16(12(9)8-18)17-13(19)5-2-6-14(17)20/h1,3-4H,2,5-7,15H2. The van der Waals surface area contributed by atoms with Crippen LogP contribution in [0.2, 0.25) is 0 Å². The molecule has 2 N–H and O–H groups in total. The SMILES string of the molecule is Nc1cccc2c1CN(N1C(=O)CCCC1=O)C2=C=O. The number of carbonyl (C=O) groups excluding carboxylic acids is 3. The van der Waals surface area contributed by atoms with Gasteiger partial charge in [0.25, 0.3) is 0 Å². The van der Waals surface area contributed by atoms with Gasteiger partial charge in [0.1, 0.15) is 5.70 Å². The van der Waals surface area contributed by atoms with E-state index in [0.717, 1.165) is 10.6 Å². The van der Waals surface area contributed by atoms with E-state index in [2.05, 4.69) is 0 Å². The summed E-state index contributed by atoms with van der Waals surface area (Å²) in [4.78, 5) is 35.2. The van der Waals surface area contributed by atoms with E-state index in [1.54, 1.807) is 18.2 Å². The van der Waals surface area contributed by atoms with Crippen LogP contribution in [0.15, 0.2) is 18.2 Å². The second kappa shape index (κ2) is 4.51. The van der Waals surface area contributed by atoms with Crippen molar-refractivity contribution < 1.29 is 14.4 Å². The minimum absolute atomic E-state index is 0.191. The molecule has 0 aromatic heterocycles. The largest absolute Gasteiger partial charge is 0.398 e. The maximum atomic E-state index is 12.0. The molecular formula is C14H13N3O3. The molecule has 2 amide bonds. The van der Waals surface area contributed by atoms with Crippen LogP contribution in [0.4, 0.5) is 5.69 Å². The third-order valence-electron chi connectivity index (χ3n) is 3.63. The van der Waals surface area contributed by atoms with Crippen molar-refractivity contribution in [1.29, 1.82) is 0 Å². The van der Waals surface area contributed by atoms with Crippen LogP contribution in [0.3, 0.4) is 0 Å². The number of fused-ring (bicyclic) bond motifs is 1. The zero-order valence-electron chi connectivity index (χ0n) is 10.8. The molecule has 102 valence electrons. The Morgan fingerprint density at radius 3 is 2.50 bits per heavy atom. The van der Waals surface area contributed by atoms with E-state index in [1.807, 2.05) is 5.94 Å². The third kappa shape index (κ3) is 1.70. The summed E-state index contributed by atoms with van der Waals surface area (Å²) >= 11 is 0. The number of piperidine rings is 1. The highest BCUT2D eigenvalue weighted by atomic mass is 16.2. The monoisotopic (exact) mass is 271 g/mol. The van der Waals surface area contributed by atoms with Gasteiger partial charge in [0, 0.05) is 29.7 Å². The molecule has 1 fully saturated rings. The number of nitrogens with two attached hydrogens (primary N) is 1. The van der Waals surface area contributed by atoms with Crippen molar-refractivity contribution in [3.05, 3.63) is 29.3 Å². The molecule has 0 unspecified atom stereocenters. The molecule has 0 aliphatic carbocycles. The number of carbonyl (C=O) groups is 2. The van der Waals surface area contributed by atoms with Gasteiger partial charge < -0.3 is 5.73 Å². The average Bonchev–Trinajstić information content (AvgIpc) is 2.78. The number of nitrogens with zero attached hydrogens (tertiary/aromatic N) is 2. The van der Waals surface area contributed by atoms with Gasteiger partial charge in [-0.15, -0.1) is 0 Å². The van der Waals surface area contributed by atoms with Crippen LogP contribution in [0.5, 0.6) is 0 Å². The maximum Gasteiger partial charge on any atom is 0.248 e. The van der Waals surface area contributed by atoms with Gasteiger partial charge in [0.15, 0.2) is 5.94 Å². The molecule has 0 bridgehead atoms. The lowest BCUT2D eigenvalue weighted by atomic mass is 10.1. The Labute approximate surface area is 115 Å². The fourth-order valence-corrected chi connectivity index (χ4v) is 2.66. The quantitative estimate of drug-likeness (QED) is 0.462. The lowest BCUT2D eigenvalue weighted by Crippen LogP contribution is -2.49. The number of nitrogen functional groups attached to an aromatic ring is 1. The molecule has 2 heterocycles. The van der Waals surface area contributed by atoms with Gasteiger partial charge in [0.2, 0.25) is 11.8 Å². The summed E-state index contributed by atoms with van der Waals surface area (Å²) in [6, 6.07) is 5.20. The van der Waals surface area contributed by atoms with Gasteiger partial charge in [-0.2, -0.15) is 5.01 Å². The van der Waals surface area contributed by atoms with E-state index in [9.17, 15) is 14.4 Å². The highest BCUT2D eigenvalue weighted by molar-refractivity contribution is 6.00. The van der Waals surface area contributed by atoms with Crippen LogP contribution < -0.4 is 5.73 Å². The molecule has 2 aliphatic heterocycles. The van der Waals surface area contributed by atoms with Crippen molar-refractivity contribution in [3.63, 3.8) is 0 Å². The highest BCUT2D eigenvalue weighted by Gasteiger charge is 2.38. The molecule has 20 heavy (non-hydrogen) atoms. The van der Waals surface area contributed by atoms with Crippen molar-refractivity contribution in [2.45, 2.75) is 25.8 Å². The Balaban J connectivity index is 2.05. The third-order valence-corrected chi connectivity index (χ3v) is 3.63. The predicted molar refractivity (Wildman–Crippen MR) is 71.2 cm³/mol. The molecule has 1 aromatic rings. The summed E-state index contributed by atoms with van der Waals surface area (Å²) in [5, 5.41) is 2.45. The summed E-state index contributed by atoms with van der Waals surface area (Å²) < 4.78 is 0. The summed E-state index contributed by atoms with van der Waals surface area (Å²) in [6.07, 6.45) is 1.16. The molecule has 0 spiro atoms. The van der Waals surface area contributed by atoms with E-state index < -0.39 is 0 Å². The van der Waals surface area contributed by atoms with E-state index in [4.69, 9.17) is 5.73 Å². The first kappa shape index (κ1) is 12.4. The minimum atomic E-state index is -0.291. The molecule has 2 aliphatic rings. The Kier molecular flexibility index (Phi) is 2.80. The molecule has 0 atom stereocenters. The highest BCUT2D eigenvalue weighted by Crippen LogP contribution is 2.36. The first-order valence-electron chi connectivity index (χ1n) is 6.39. The van der Waals surface area contributed by atoms with Crippen molar-refractivity contribution >= 4 is 29.1 Å². The first-order chi connectivity index (χ1) is 9.63. The van der Waals surface area contributed by atoms with Crippen molar-refractivity contribution in [3.8, 4) is 0 Å². The van der Waals surface area contributed by atoms with Gasteiger partial charge in [-0.1, -0.05) is 12.1 Å². The van der Waals surface area contributed by atoms with Gasteiger partial charge in [0.05, 0.1) is 6.54 Å². The smallest absolute Gasteiger partial charge is 0.248 e. The zero-order chi connectivity index (χ0) is 14.3. The Morgan fingerprint density at radius 1 is 1.15 bits per heavy atom. The summed E-state index contributed by atoms with van der Waals surface area (Å²) in [6.45, 7) is 0.240. The molecular weight excluding hydrogens is 258 g/mol. The molecule has 0 saturated carbocycles. The van der Waals surface area contributed by atoms with Gasteiger partial charge in [-0.25, -0.2) is 4.79 Å². The topological polar surface area (TPSA) is 83.7 Å². The predicted octanol–water partition coefficient (Wildman–Crippen LogP) is 0.711. The number of benzene rings is 1. The van der Waals surface area contributed by atoms with Crippen LogP contribution in [-0.2, 0) is 20.9 Å². The van der Waals surface area contributed by atoms with Gasteiger partial charge >= 0.3 is 0 Å². The first-order valence-corrected chi connectivity index (χ1v) is 6.39. The molecule has 1 saturated heterocycles. The number of hydrogen-bond acceptors (Lipinski definition) is 5. The Hall–Kier alpha value is -2.59. The van der Waals surface area contributed by atoms with E-state index in [-0.39, 0.29) is 24.1 Å². The number of imide groups is 1. The zero-order valence-corrected chi connectivity index (χ0v) is 10.8. The fraction of sp³-hybridized carbons (Fsp3) is 0.286. The number of anilines is 1. The van der Waals surface area contributed by atoms with Gasteiger partial charge in [-0.05, 0) is 12.5 Å². The maximum absolute atomic E-state index is 12.0. The summed E-state index contributed by atoms with van der Waals surface area (Å²) in [5.74, 6) is 1.24. The number of hydrazine groups is 1. The van der Waals surface area contributed by atoms with Crippen LogP contribution in [-0.4, -0.2) is 27.8 Å². The van der Waals surface area contributed by atoms with E-state index in [0.29, 0.717) is 30.5 Å². The van der Waals surface area contributed by atoms with E-state index in [1.165, 1.54) is 5.01 Å². The Morgan fingerprint density at radius 2 is 1.85 bits per heavy atom. The number of amides is 2. The second-order valence-electron chi connectivity index (χ2n) is 4.83. The van der Waals surface area contributed by atoms with Crippen LogP contribution in [0.25, 0.3) is 5.70 Å². The normalized spacial score (nSPS) is 18.3. The van der Waals surface area contributed by atoms with Crippen molar-refractivity contribution in [2.24, 2.45) is 0 Å². The minimum Gasteiger partial charge on any atom is -0.398 e. The molecule has 0 radical (unpaired) electrons. The fourth-order valence-electron chi connectivity index (χ4n) is 2.66. The van der Waals surface area contributed by atoms with Crippen LogP contribution >= 0.6 is 0 Å². The van der Waals surface area contributed by atoms with Crippen LogP contribution in [0.1, 0.15) is 30.4 Å². The summed E-state index contributed by atoms with van der Waals surface area (Å²) in [7, 11) is 0. The Bertz CT molecular complexity index is 646. The van der Waals surface area contributed by atoms with Crippen molar-refractivity contribution in [2.75, 3.05) is 5.73 Å². The van der Waals surface area contributed by atoms with Gasteiger partial charge in [-0.3, -0.25) is 14.6 Å². The number of rotatable bonds is 1.